The fourth-order valence-corrected chi connectivity index (χ4v) is 6.99. The molecule has 22 heteroatoms. The number of aryl methyl sites for hydroxylation is 2. The van der Waals surface area contributed by atoms with E-state index in [1.54, 1.807) is 6.92 Å². The van der Waals surface area contributed by atoms with Gasteiger partial charge in [0.1, 0.15) is 29.3 Å². The third kappa shape index (κ3) is 7.82. The van der Waals surface area contributed by atoms with Crippen LogP contribution in [0.2, 0.25) is 0 Å². The van der Waals surface area contributed by atoms with Gasteiger partial charge in [0.05, 0.1) is 46.3 Å². The molecule has 0 bridgehead atoms. The highest BCUT2D eigenvalue weighted by atomic mass is 19.4. The highest BCUT2D eigenvalue weighted by Crippen LogP contribution is 2.36. The Balaban J connectivity index is 1.25. The standard InChI is InChI=1S/C37H33F5N12O5/c1-18-44-14-21(15-45-18)25-11-28(36(40,41)42)49-53(25)17-35(2,3)48-33(55)27(9-19-13-46-54(16-19)37(57,58)59)52-8-7-22-23(5-6-24(38)29(22)34(52)56)30-20(12-43)10-26-31(47-30)32(39)50-51(26)4/h5-6,10-11,13-16,27,57-59H,7-9,17H2,1-4H3,(H,48,55). The summed E-state index contributed by atoms with van der Waals surface area (Å²) in [7, 11) is 1.46. The molecule has 0 saturated carbocycles. The molecular weight excluding hydrogens is 787 g/mol. The van der Waals surface area contributed by atoms with Crippen molar-refractivity contribution in [3.63, 3.8) is 0 Å². The van der Waals surface area contributed by atoms with Gasteiger partial charge in [0.15, 0.2) is 5.69 Å². The molecule has 59 heavy (non-hydrogen) atoms. The molecule has 1 aliphatic heterocycles. The van der Waals surface area contributed by atoms with Gasteiger partial charge in [-0.2, -0.15) is 37.7 Å². The van der Waals surface area contributed by atoms with E-state index < -0.39 is 58.7 Å². The van der Waals surface area contributed by atoms with E-state index >= 15 is 4.39 Å². The molecule has 0 aliphatic carbocycles. The maximum Gasteiger partial charge on any atom is 0.435 e. The first-order chi connectivity index (χ1) is 27.6. The lowest BCUT2D eigenvalue weighted by Gasteiger charge is -2.37. The lowest BCUT2D eigenvalue weighted by atomic mass is 9.89. The maximum atomic E-state index is 15.8. The van der Waals surface area contributed by atoms with Gasteiger partial charge in [-0.3, -0.25) is 19.0 Å². The summed E-state index contributed by atoms with van der Waals surface area (Å²) in [5, 5.41) is 52.9. The van der Waals surface area contributed by atoms with Crippen molar-refractivity contribution >= 4 is 22.8 Å². The Morgan fingerprint density at radius 3 is 2.42 bits per heavy atom. The Kier molecular flexibility index (Phi) is 10.0. The van der Waals surface area contributed by atoms with Crippen LogP contribution < -0.4 is 5.32 Å². The number of nitrogens with zero attached hydrogens (tertiary/aromatic N) is 11. The number of amides is 2. The van der Waals surface area contributed by atoms with E-state index in [4.69, 9.17) is 0 Å². The van der Waals surface area contributed by atoms with Crippen LogP contribution in [-0.2, 0) is 43.5 Å². The predicted octanol–water partition coefficient (Wildman–Crippen LogP) is 2.71. The highest BCUT2D eigenvalue weighted by Gasteiger charge is 2.40. The molecule has 17 nitrogen and oxygen atoms in total. The number of nitrogens with one attached hydrogen (secondary N) is 1. The number of rotatable bonds is 10. The lowest BCUT2D eigenvalue weighted by molar-refractivity contribution is -0.381. The van der Waals surface area contributed by atoms with Crippen LogP contribution in [0.25, 0.3) is 33.5 Å². The molecule has 1 aliphatic rings. The number of carbonyl (C=O) groups is 2. The van der Waals surface area contributed by atoms with E-state index in [0.717, 1.165) is 34.1 Å². The van der Waals surface area contributed by atoms with Crippen LogP contribution in [0.15, 0.2) is 49.1 Å². The number of alkyl halides is 3. The van der Waals surface area contributed by atoms with E-state index in [-0.39, 0.29) is 76.2 Å². The number of carbonyl (C=O) groups excluding carboxylic acids is 2. The van der Waals surface area contributed by atoms with E-state index in [1.807, 2.05) is 6.07 Å². The van der Waals surface area contributed by atoms with Gasteiger partial charge >= 0.3 is 12.3 Å². The summed E-state index contributed by atoms with van der Waals surface area (Å²) >= 11 is 0. The summed E-state index contributed by atoms with van der Waals surface area (Å²) in [5.41, 5.74) is -2.43. The fraction of sp³-hybridized carbons (Fsp3) is 0.324. The molecular formula is C37H33F5N12O5. The van der Waals surface area contributed by atoms with Gasteiger partial charge in [-0.25, -0.2) is 19.3 Å². The second kappa shape index (κ2) is 14.6. The van der Waals surface area contributed by atoms with Crippen LogP contribution in [0.1, 0.15) is 52.4 Å². The van der Waals surface area contributed by atoms with Gasteiger partial charge in [-0.1, -0.05) is 0 Å². The van der Waals surface area contributed by atoms with Gasteiger partial charge in [-0.15, -0.1) is 5.10 Å². The summed E-state index contributed by atoms with van der Waals surface area (Å²) in [4.78, 5) is 42.3. The van der Waals surface area contributed by atoms with Gasteiger partial charge in [0.2, 0.25) is 5.91 Å². The second-order valence-electron chi connectivity index (χ2n) is 14.6. The van der Waals surface area contributed by atoms with E-state index in [9.17, 15) is 47.7 Å². The summed E-state index contributed by atoms with van der Waals surface area (Å²) < 4.78 is 74.8. The molecule has 6 aromatic rings. The number of hydrogen-bond acceptors (Lipinski definition) is 12. The first-order valence-electron chi connectivity index (χ1n) is 17.7. The predicted molar refractivity (Wildman–Crippen MR) is 193 cm³/mol. The van der Waals surface area contributed by atoms with Crippen molar-refractivity contribution in [1.29, 1.82) is 5.26 Å². The number of halogens is 5. The number of pyridine rings is 1. The maximum absolute atomic E-state index is 15.8. The molecule has 1 unspecified atom stereocenters. The third-order valence-electron chi connectivity index (χ3n) is 9.70. The second-order valence-corrected chi connectivity index (χ2v) is 14.6. The Bertz CT molecular complexity index is 2680. The molecule has 5 aromatic heterocycles. The summed E-state index contributed by atoms with van der Waals surface area (Å²) in [6.07, 6.45) is -3.99. The smallest absolute Gasteiger partial charge is 0.348 e. The van der Waals surface area contributed by atoms with Crippen molar-refractivity contribution in [1.82, 2.24) is 54.5 Å². The average molecular weight is 821 g/mol. The van der Waals surface area contributed by atoms with Crippen LogP contribution in [0.3, 0.4) is 0 Å². The number of nitriles is 1. The molecule has 0 spiro atoms. The SMILES string of the molecule is Cc1ncc(-c2cc(C(F)(F)F)nn2CC(C)(C)NC(=O)C(Cc2cnn(C(O)(O)O)c2)N2CCc3c(-c4nc5c(F)nn(C)c5cc4C#N)ccc(F)c3C2=O)cn1. The number of aromatic nitrogens is 9. The van der Waals surface area contributed by atoms with Crippen molar-refractivity contribution < 1.29 is 46.9 Å². The minimum atomic E-state index is -4.82. The van der Waals surface area contributed by atoms with Crippen LogP contribution in [0.4, 0.5) is 22.0 Å². The zero-order valence-corrected chi connectivity index (χ0v) is 31.5. The minimum absolute atomic E-state index is 0.00216. The fourth-order valence-electron chi connectivity index (χ4n) is 6.99. The Morgan fingerprint density at radius 1 is 1.07 bits per heavy atom. The van der Waals surface area contributed by atoms with E-state index in [0.29, 0.717) is 10.5 Å². The summed E-state index contributed by atoms with van der Waals surface area (Å²) in [6.45, 7) is 4.04. The Morgan fingerprint density at radius 2 is 1.78 bits per heavy atom. The molecule has 7 rings (SSSR count). The molecule has 6 heterocycles. The molecule has 0 radical (unpaired) electrons. The first-order valence-corrected chi connectivity index (χ1v) is 17.7. The monoisotopic (exact) mass is 820 g/mol. The van der Waals surface area contributed by atoms with Crippen molar-refractivity contribution in [3.05, 3.63) is 94.6 Å². The third-order valence-corrected chi connectivity index (χ3v) is 9.70. The first kappa shape index (κ1) is 40.5. The van der Waals surface area contributed by atoms with E-state index in [2.05, 4.69) is 35.6 Å². The van der Waals surface area contributed by atoms with Gasteiger partial charge < -0.3 is 25.5 Å². The summed E-state index contributed by atoms with van der Waals surface area (Å²) in [6, 6.07) is 4.98. The molecule has 1 aromatic carbocycles. The Labute approximate surface area is 330 Å². The molecule has 2 amide bonds. The highest BCUT2D eigenvalue weighted by molar-refractivity contribution is 6.02. The molecule has 1 atom stereocenters. The number of benzene rings is 1. The van der Waals surface area contributed by atoms with Crippen LogP contribution in [0, 0.1) is 30.0 Å². The van der Waals surface area contributed by atoms with Crippen molar-refractivity contribution in [2.24, 2.45) is 7.05 Å². The molecule has 306 valence electrons. The van der Waals surface area contributed by atoms with E-state index in [1.165, 1.54) is 50.1 Å². The van der Waals surface area contributed by atoms with Crippen LogP contribution in [0.5, 0.6) is 0 Å². The zero-order valence-electron chi connectivity index (χ0n) is 31.5. The zero-order chi connectivity index (χ0) is 42.8. The van der Waals surface area contributed by atoms with Gasteiger partial charge in [0.25, 0.3) is 11.9 Å². The van der Waals surface area contributed by atoms with Crippen molar-refractivity contribution in [2.75, 3.05) is 6.54 Å². The Hall–Kier alpha value is -6.70. The topological polar surface area (TPSA) is 226 Å². The molecule has 0 fully saturated rings. The number of fused-ring (bicyclic) bond motifs is 2. The number of hydrogen-bond donors (Lipinski definition) is 4. The van der Waals surface area contributed by atoms with Crippen LogP contribution >= 0.6 is 0 Å². The number of aliphatic hydroxyl groups is 3. The van der Waals surface area contributed by atoms with Gasteiger partial charge in [-0.05, 0) is 62.6 Å². The van der Waals surface area contributed by atoms with Crippen molar-refractivity contribution in [3.8, 4) is 28.6 Å². The quantitative estimate of drug-likeness (QED) is 0.116. The largest absolute Gasteiger partial charge is 0.435 e. The normalized spacial score (nSPS) is 14.1. The van der Waals surface area contributed by atoms with Crippen LogP contribution in [-0.4, -0.2) is 94.5 Å². The lowest BCUT2D eigenvalue weighted by Crippen LogP contribution is -2.58. The summed E-state index contributed by atoms with van der Waals surface area (Å²) in [5.74, 6) is -3.34. The minimum Gasteiger partial charge on any atom is -0.348 e. The average Bonchev–Trinajstić information content (AvgIpc) is 3.88. The molecule has 0 saturated heterocycles. The van der Waals surface area contributed by atoms with Crippen molar-refractivity contribution in [2.45, 2.75) is 64.0 Å². The molecule has 4 N–H and O–H groups in total. The van der Waals surface area contributed by atoms with Gasteiger partial charge in [0, 0.05) is 49.7 Å².